The van der Waals surface area contributed by atoms with Crippen LogP contribution in [0.2, 0.25) is 0 Å². The number of ether oxygens (including phenoxy) is 1. The van der Waals surface area contributed by atoms with Crippen molar-refractivity contribution in [2.75, 3.05) is 12.0 Å². The standard InChI is InChI=1S/C18H27NO2/c1-7-15(17(20)21-6)19-16-9-8-12(2)10-14(16)13(3)11-18(19,4)5/h8-10,13,15H,7,11H2,1-6H3/t13-,15+/m1/s1. The molecule has 2 rings (SSSR count). The molecule has 2 atom stereocenters. The highest BCUT2D eigenvalue weighted by molar-refractivity contribution is 5.81. The van der Waals surface area contributed by atoms with Gasteiger partial charge in [0, 0.05) is 11.2 Å². The molecule has 0 radical (unpaired) electrons. The lowest BCUT2D eigenvalue weighted by Gasteiger charge is -2.50. The summed E-state index contributed by atoms with van der Waals surface area (Å²) < 4.78 is 5.03. The molecule has 0 spiro atoms. The van der Waals surface area contributed by atoms with Gasteiger partial charge in [-0.15, -0.1) is 0 Å². The van der Waals surface area contributed by atoms with Crippen LogP contribution in [0.25, 0.3) is 0 Å². The number of carbonyl (C=O) groups excluding carboxylic acids is 1. The first-order valence-corrected chi connectivity index (χ1v) is 7.79. The van der Waals surface area contributed by atoms with Crippen LogP contribution in [0, 0.1) is 6.92 Å². The largest absolute Gasteiger partial charge is 0.467 e. The third-order valence-electron chi connectivity index (χ3n) is 4.60. The molecule has 0 saturated heterocycles. The molecule has 0 unspecified atom stereocenters. The van der Waals surface area contributed by atoms with E-state index in [0.717, 1.165) is 12.8 Å². The lowest BCUT2D eigenvalue weighted by atomic mass is 9.78. The summed E-state index contributed by atoms with van der Waals surface area (Å²) in [6.45, 7) is 10.9. The lowest BCUT2D eigenvalue weighted by Crippen LogP contribution is -2.56. The zero-order valence-electron chi connectivity index (χ0n) is 14.1. The molecule has 0 amide bonds. The van der Waals surface area contributed by atoms with Crippen molar-refractivity contribution in [1.29, 1.82) is 0 Å². The number of fused-ring (bicyclic) bond motifs is 1. The first kappa shape index (κ1) is 15.9. The molecule has 1 aromatic carbocycles. The maximum atomic E-state index is 12.2. The molecule has 0 aliphatic carbocycles. The molecule has 3 heteroatoms. The maximum Gasteiger partial charge on any atom is 0.328 e. The van der Waals surface area contributed by atoms with Gasteiger partial charge in [0.05, 0.1) is 7.11 Å². The van der Waals surface area contributed by atoms with Crippen molar-refractivity contribution in [3.8, 4) is 0 Å². The van der Waals surface area contributed by atoms with E-state index in [1.54, 1.807) is 0 Å². The van der Waals surface area contributed by atoms with E-state index in [-0.39, 0.29) is 17.6 Å². The fourth-order valence-corrected chi connectivity index (χ4v) is 3.75. The summed E-state index contributed by atoms with van der Waals surface area (Å²) in [5.41, 5.74) is 3.74. The SMILES string of the molecule is CC[C@@H](C(=O)OC)N1c2ccc(C)cc2[C@H](C)CC1(C)C. The number of hydrogen-bond donors (Lipinski definition) is 0. The van der Waals surface area contributed by atoms with Gasteiger partial charge in [-0.2, -0.15) is 0 Å². The van der Waals surface area contributed by atoms with Gasteiger partial charge in [0.1, 0.15) is 6.04 Å². The highest BCUT2D eigenvalue weighted by Crippen LogP contribution is 2.45. The van der Waals surface area contributed by atoms with Crippen LogP contribution in [-0.2, 0) is 9.53 Å². The summed E-state index contributed by atoms with van der Waals surface area (Å²) in [5, 5.41) is 0. The van der Waals surface area contributed by atoms with E-state index in [4.69, 9.17) is 4.74 Å². The van der Waals surface area contributed by atoms with E-state index >= 15 is 0 Å². The minimum Gasteiger partial charge on any atom is -0.467 e. The lowest BCUT2D eigenvalue weighted by molar-refractivity contribution is -0.142. The highest BCUT2D eigenvalue weighted by atomic mass is 16.5. The minimum absolute atomic E-state index is 0.0590. The Balaban J connectivity index is 2.57. The van der Waals surface area contributed by atoms with Gasteiger partial charge in [-0.1, -0.05) is 31.5 Å². The Labute approximate surface area is 128 Å². The third-order valence-corrected chi connectivity index (χ3v) is 4.60. The molecule has 116 valence electrons. The van der Waals surface area contributed by atoms with Crippen LogP contribution in [0.15, 0.2) is 18.2 Å². The van der Waals surface area contributed by atoms with Crippen molar-refractivity contribution < 1.29 is 9.53 Å². The Morgan fingerprint density at radius 3 is 2.71 bits per heavy atom. The van der Waals surface area contributed by atoms with Gasteiger partial charge in [0.15, 0.2) is 0 Å². The topological polar surface area (TPSA) is 29.5 Å². The van der Waals surface area contributed by atoms with Gasteiger partial charge >= 0.3 is 5.97 Å². The van der Waals surface area contributed by atoms with Gasteiger partial charge in [0.2, 0.25) is 0 Å². The van der Waals surface area contributed by atoms with Gasteiger partial charge in [-0.3, -0.25) is 0 Å². The number of aryl methyl sites for hydroxylation is 1. The fourth-order valence-electron chi connectivity index (χ4n) is 3.75. The van der Waals surface area contributed by atoms with Crippen molar-refractivity contribution in [1.82, 2.24) is 0 Å². The van der Waals surface area contributed by atoms with Gasteiger partial charge in [0.25, 0.3) is 0 Å². The zero-order chi connectivity index (χ0) is 15.8. The monoisotopic (exact) mass is 289 g/mol. The van der Waals surface area contributed by atoms with Crippen molar-refractivity contribution in [2.45, 2.75) is 65.0 Å². The number of carbonyl (C=O) groups is 1. The predicted octanol–water partition coefficient (Wildman–Crippen LogP) is 4.04. The first-order valence-electron chi connectivity index (χ1n) is 7.79. The second-order valence-corrected chi connectivity index (χ2v) is 6.80. The van der Waals surface area contributed by atoms with Crippen molar-refractivity contribution >= 4 is 11.7 Å². The highest BCUT2D eigenvalue weighted by Gasteiger charge is 2.42. The molecule has 0 bridgehead atoms. The molecule has 0 aromatic heterocycles. The second-order valence-electron chi connectivity index (χ2n) is 6.80. The first-order chi connectivity index (χ1) is 9.81. The number of esters is 1. The predicted molar refractivity (Wildman–Crippen MR) is 86.9 cm³/mol. The van der Waals surface area contributed by atoms with E-state index in [2.05, 4.69) is 50.8 Å². The Kier molecular flexibility index (Phi) is 4.31. The molecule has 0 N–H and O–H groups in total. The average molecular weight is 289 g/mol. The summed E-state index contributed by atoms with van der Waals surface area (Å²) in [6, 6.07) is 6.32. The van der Waals surface area contributed by atoms with Gasteiger partial charge in [-0.25, -0.2) is 4.79 Å². The molecule has 1 aliphatic heterocycles. The number of rotatable bonds is 3. The Bertz CT molecular complexity index is 536. The Morgan fingerprint density at radius 1 is 1.48 bits per heavy atom. The Hall–Kier alpha value is -1.51. The molecular weight excluding hydrogens is 262 g/mol. The smallest absolute Gasteiger partial charge is 0.328 e. The zero-order valence-corrected chi connectivity index (χ0v) is 14.1. The van der Waals surface area contributed by atoms with Crippen molar-refractivity contribution in [2.24, 2.45) is 0 Å². The number of methoxy groups -OCH3 is 1. The molecular formula is C18H27NO2. The van der Waals surface area contributed by atoms with Crippen LogP contribution in [0.5, 0.6) is 0 Å². The normalized spacial score (nSPS) is 21.6. The molecule has 3 nitrogen and oxygen atoms in total. The molecule has 0 fully saturated rings. The van der Waals surface area contributed by atoms with Gasteiger partial charge in [-0.05, 0) is 51.2 Å². The van der Waals surface area contributed by atoms with E-state index in [1.807, 2.05) is 6.92 Å². The van der Waals surface area contributed by atoms with Crippen LogP contribution in [-0.4, -0.2) is 24.7 Å². The van der Waals surface area contributed by atoms with E-state index in [9.17, 15) is 4.79 Å². The number of nitrogens with zero attached hydrogens (tertiary/aromatic N) is 1. The molecule has 1 heterocycles. The second kappa shape index (κ2) is 5.70. The Morgan fingerprint density at radius 2 is 2.14 bits per heavy atom. The van der Waals surface area contributed by atoms with Crippen LogP contribution in [0.1, 0.15) is 57.6 Å². The number of hydrogen-bond acceptors (Lipinski definition) is 3. The van der Waals surface area contributed by atoms with Crippen LogP contribution in [0.3, 0.4) is 0 Å². The van der Waals surface area contributed by atoms with Crippen LogP contribution in [0.4, 0.5) is 5.69 Å². The van der Waals surface area contributed by atoms with Gasteiger partial charge < -0.3 is 9.64 Å². The number of benzene rings is 1. The molecule has 1 aliphatic rings. The molecule has 1 aromatic rings. The number of anilines is 1. The summed E-state index contributed by atoms with van der Waals surface area (Å²) in [4.78, 5) is 14.5. The summed E-state index contributed by atoms with van der Waals surface area (Å²) in [5.74, 6) is 0.355. The molecule has 0 saturated carbocycles. The summed E-state index contributed by atoms with van der Waals surface area (Å²) in [7, 11) is 1.47. The van der Waals surface area contributed by atoms with E-state index < -0.39 is 0 Å². The van der Waals surface area contributed by atoms with Crippen molar-refractivity contribution in [3.63, 3.8) is 0 Å². The van der Waals surface area contributed by atoms with Crippen molar-refractivity contribution in [3.05, 3.63) is 29.3 Å². The van der Waals surface area contributed by atoms with Crippen LogP contribution >= 0.6 is 0 Å². The fraction of sp³-hybridized carbons (Fsp3) is 0.611. The third kappa shape index (κ3) is 2.78. The summed E-state index contributed by atoms with van der Waals surface area (Å²) in [6.07, 6.45) is 1.79. The summed E-state index contributed by atoms with van der Waals surface area (Å²) >= 11 is 0. The average Bonchev–Trinajstić information content (AvgIpc) is 2.42. The maximum absolute atomic E-state index is 12.2. The van der Waals surface area contributed by atoms with E-state index in [0.29, 0.717) is 5.92 Å². The minimum atomic E-state index is -0.223. The molecule has 21 heavy (non-hydrogen) atoms. The van der Waals surface area contributed by atoms with E-state index in [1.165, 1.54) is 23.9 Å². The van der Waals surface area contributed by atoms with Crippen LogP contribution < -0.4 is 4.90 Å². The quantitative estimate of drug-likeness (QED) is 0.787.